The minimum atomic E-state index is -0.304. The van der Waals surface area contributed by atoms with Crippen LogP contribution < -0.4 is 15.4 Å². The summed E-state index contributed by atoms with van der Waals surface area (Å²) in [5.74, 6) is 0.0476. The van der Waals surface area contributed by atoms with Crippen molar-refractivity contribution < 1.29 is 14.3 Å². The third kappa shape index (κ3) is 5.23. The maximum atomic E-state index is 12.7. The van der Waals surface area contributed by atoms with E-state index < -0.39 is 0 Å². The van der Waals surface area contributed by atoms with Crippen LogP contribution in [0.2, 0.25) is 0 Å². The van der Waals surface area contributed by atoms with E-state index in [1.54, 1.807) is 37.4 Å². The average Bonchev–Trinajstić information content (AvgIpc) is 2.73. The number of hydrogen-bond acceptors (Lipinski definition) is 3. The van der Waals surface area contributed by atoms with Crippen LogP contribution in [0.25, 0.3) is 0 Å². The molecule has 3 rings (SSSR count). The van der Waals surface area contributed by atoms with E-state index in [0.29, 0.717) is 29.1 Å². The highest BCUT2D eigenvalue weighted by Crippen LogP contribution is 2.25. The number of rotatable bonds is 6. The van der Waals surface area contributed by atoms with E-state index >= 15 is 0 Å². The molecular weight excluding hydrogens is 364 g/mol. The van der Waals surface area contributed by atoms with Crippen molar-refractivity contribution in [1.29, 1.82) is 0 Å². The van der Waals surface area contributed by atoms with E-state index in [4.69, 9.17) is 4.74 Å². The van der Waals surface area contributed by atoms with Crippen molar-refractivity contribution in [3.8, 4) is 5.75 Å². The van der Waals surface area contributed by atoms with Crippen LogP contribution >= 0.6 is 0 Å². The molecule has 0 spiro atoms. The third-order valence-corrected chi connectivity index (χ3v) is 4.56. The van der Waals surface area contributed by atoms with Gasteiger partial charge >= 0.3 is 0 Å². The first kappa shape index (κ1) is 20.1. The molecule has 0 saturated carbocycles. The van der Waals surface area contributed by atoms with Crippen molar-refractivity contribution in [1.82, 2.24) is 5.32 Å². The number of benzene rings is 3. The molecule has 29 heavy (non-hydrogen) atoms. The van der Waals surface area contributed by atoms with Gasteiger partial charge in [-0.1, -0.05) is 42.0 Å². The van der Waals surface area contributed by atoms with Crippen LogP contribution in [0, 0.1) is 13.8 Å². The first-order valence-electron chi connectivity index (χ1n) is 9.36. The molecule has 2 N–H and O–H groups in total. The molecule has 0 aliphatic carbocycles. The quantitative estimate of drug-likeness (QED) is 0.654. The fourth-order valence-electron chi connectivity index (χ4n) is 2.91. The summed E-state index contributed by atoms with van der Waals surface area (Å²) in [4.78, 5) is 25.2. The lowest BCUT2D eigenvalue weighted by molar-refractivity contribution is 0.0951. The lowest BCUT2D eigenvalue weighted by Crippen LogP contribution is -2.23. The molecule has 2 amide bonds. The summed E-state index contributed by atoms with van der Waals surface area (Å²) in [6.45, 7) is 4.38. The van der Waals surface area contributed by atoms with Crippen LogP contribution in [0.15, 0.2) is 66.7 Å². The Morgan fingerprint density at radius 3 is 2.17 bits per heavy atom. The van der Waals surface area contributed by atoms with Crippen LogP contribution in [0.3, 0.4) is 0 Å². The van der Waals surface area contributed by atoms with Gasteiger partial charge in [0.15, 0.2) is 0 Å². The number of hydrogen-bond donors (Lipinski definition) is 2. The summed E-state index contributed by atoms with van der Waals surface area (Å²) in [5.41, 5.74) is 4.61. The molecule has 0 aliphatic heterocycles. The maximum absolute atomic E-state index is 12.7. The van der Waals surface area contributed by atoms with Crippen LogP contribution in [0.4, 0.5) is 5.69 Å². The number of methoxy groups -OCH3 is 1. The predicted octanol–water partition coefficient (Wildman–Crippen LogP) is 4.49. The normalized spacial score (nSPS) is 10.3. The van der Waals surface area contributed by atoms with Crippen molar-refractivity contribution in [3.05, 3.63) is 94.5 Å². The molecule has 5 heteroatoms. The second kappa shape index (κ2) is 9.06. The van der Waals surface area contributed by atoms with Gasteiger partial charge in [-0.3, -0.25) is 9.59 Å². The molecule has 0 fully saturated rings. The minimum Gasteiger partial charge on any atom is -0.495 e. The van der Waals surface area contributed by atoms with Gasteiger partial charge in [0.2, 0.25) is 0 Å². The molecule has 0 bridgehead atoms. The van der Waals surface area contributed by atoms with Gasteiger partial charge in [0.05, 0.1) is 12.8 Å². The van der Waals surface area contributed by atoms with Crippen molar-refractivity contribution in [2.45, 2.75) is 20.4 Å². The van der Waals surface area contributed by atoms with Gasteiger partial charge in [0.25, 0.3) is 11.8 Å². The number of ether oxygens (including phenoxy) is 1. The number of nitrogens with one attached hydrogen (secondary N) is 2. The van der Waals surface area contributed by atoms with Crippen LogP contribution in [-0.4, -0.2) is 18.9 Å². The molecule has 0 unspecified atom stereocenters. The number of carbonyl (C=O) groups is 2. The van der Waals surface area contributed by atoms with Crippen molar-refractivity contribution >= 4 is 17.5 Å². The Morgan fingerprint density at radius 2 is 1.48 bits per heavy atom. The molecule has 5 nitrogen and oxygen atoms in total. The third-order valence-electron chi connectivity index (χ3n) is 4.56. The summed E-state index contributed by atoms with van der Waals surface area (Å²) >= 11 is 0. The second-order valence-corrected chi connectivity index (χ2v) is 6.91. The van der Waals surface area contributed by atoms with Crippen LogP contribution in [0.1, 0.15) is 37.4 Å². The van der Waals surface area contributed by atoms with Crippen molar-refractivity contribution in [2.75, 3.05) is 12.4 Å². The highest BCUT2D eigenvalue weighted by molar-refractivity contribution is 6.06. The van der Waals surface area contributed by atoms with E-state index in [1.807, 2.05) is 50.2 Å². The fraction of sp³-hybridized carbons (Fsp3) is 0.167. The molecule has 0 aliphatic rings. The summed E-state index contributed by atoms with van der Waals surface area (Å²) in [7, 11) is 1.55. The SMILES string of the molecule is COc1ccc(C)cc1NC(=O)c1cccc(C(=O)NCc2ccc(C)cc2)c1. The predicted molar refractivity (Wildman–Crippen MR) is 114 cm³/mol. The minimum absolute atomic E-state index is 0.228. The van der Waals surface area contributed by atoms with Crippen LogP contribution in [0.5, 0.6) is 5.75 Å². The molecule has 0 atom stereocenters. The summed E-state index contributed by atoms with van der Waals surface area (Å²) in [6.07, 6.45) is 0. The zero-order valence-electron chi connectivity index (χ0n) is 16.8. The molecule has 3 aromatic carbocycles. The Labute approximate surface area is 170 Å². The van der Waals surface area contributed by atoms with Gasteiger partial charge in [0, 0.05) is 17.7 Å². The average molecular weight is 388 g/mol. The molecule has 148 valence electrons. The first-order valence-corrected chi connectivity index (χ1v) is 9.36. The van der Waals surface area contributed by atoms with E-state index in [0.717, 1.165) is 11.1 Å². The van der Waals surface area contributed by atoms with Gasteiger partial charge in [-0.25, -0.2) is 0 Å². The monoisotopic (exact) mass is 388 g/mol. The Balaban J connectivity index is 1.70. The standard InChI is InChI=1S/C24H24N2O3/c1-16-7-10-18(11-8-16)15-25-23(27)19-5-4-6-20(14-19)24(28)26-21-13-17(2)9-12-22(21)29-3/h4-14H,15H2,1-3H3,(H,25,27)(H,26,28). The highest BCUT2D eigenvalue weighted by Gasteiger charge is 2.13. The molecule has 0 saturated heterocycles. The van der Waals surface area contributed by atoms with Gasteiger partial charge in [-0.15, -0.1) is 0 Å². The van der Waals surface area contributed by atoms with Gasteiger partial charge in [-0.05, 0) is 55.3 Å². The molecule has 0 radical (unpaired) electrons. The zero-order valence-corrected chi connectivity index (χ0v) is 16.8. The molecule has 3 aromatic rings. The number of aryl methyl sites for hydroxylation is 2. The van der Waals surface area contributed by atoms with E-state index in [-0.39, 0.29) is 11.8 Å². The van der Waals surface area contributed by atoms with E-state index in [9.17, 15) is 9.59 Å². The summed E-state index contributed by atoms with van der Waals surface area (Å²) in [5, 5.41) is 5.74. The lowest BCUT2D eigenvalue weighted by atomic mass is 10.1. The smallest absolute Gasteiger partial charge is 0.255 e. The van der Waals surface area contributed by atoms with E-state index in [2.05, 4.69) is 10.6 Å². The number of amides is 2. The lowest BCUT2D eigenvalue weighted by Gasteiger charge is -2.12. The fourth-order valence-corrected chi connectivity index (χ4v) is 2.91. The Bertz CT molecular complexity index is 1030. The topological polar surface area (TPSA) is 67.4 Å². The zero-order chi connectivity index (χ0) is 20.8. The largest absolute Gasteiger partial charge is 0.495 e. The number of anilines is 1. The summed E-state index contributed by atoms with van der Waals surface area (Å²) in [6, 6.07) is 20.2. The van der Waals surface area contributed by atoms with Gasteiger partial charge in [0.1, 0.15) is 5.75 Å². The highest BCUT2D eigenvalue weighted by atomic mass is 16.5. The molecule has 0 heterocycles. The first-order chi connectivity index (χ1) is 14.0. The second-order valence-electron chi connectivity index (χ2n) is 6.91. The summed E-state index contributed by atoms with van der Waals surface area (Å²) < 4.78 is 5.30. The Morgan fingerprint density at radius 1 is 0.828 bits per heavy atom. The van der Waals surface area contributed by atoms with Gasteiger partial charge in [-0.2, -0.15) is 0 Å². The maximum Gasteiger partial charge on any atom is 0.255 e. The Hall–Kier alpha value is -3.60. The molecule has 0 aromatic heterocycles. The number of carbonyl (C=O) groups excluding carboxylic acids is 2. The Kier molecular flexibility index (Phi) is 6.29. The van der Waals surface area contributed by atoms with Crippen molar-refractivity contribution in [3.63, 3.8) is 0 Å². The van der Waals surface area contributed by atoms with E-state index in [1.165, 1.54) is 5.56 Å². The molecular formula is C24H24N2O3. The van der Waals surface area contributed by atoms with Crippen LogP contribution in [-0.2, 0) is 6.54 Å². The van der Waals surface area contributed by atoms with Gasteiger partial charge < -0.3 is 15.4 Å². The van der Waals surface area contributed by atoms with Crippen molar-refractivity contribution in [2.24, 2.45) is 0 Å².